The van der Waals surface area contributed by atoms with Crippen LogP contribution in [0.15, 0.2) is 24.3 Å². The van der Waals surface area contributed by atoms with Crippen molar-refractivity contribution in [3.8, 4) is 0 Å². The van der Waals surface area contributed by atoms with E-state index in [1.54, 1.807) is 12.1 Å². The topological polar surface area (TPSA) is 77.0 Å². The lowest BCUT2D eigenvalue weighted by Crippen LogP contribution is -2.54. The fourth-order valence-electron chi connectivity index (χ4n) is 1.87. The minimum Gasteiger partial charge on any atom is -0.478 e. The van der Waals surface area contributed by atoms with Crippen molar-refractivity contribution in [2.24, 2.45) is 5.92 Å². The van der Waals surface area contributed by atoms with Gasteiger partial charge >= 0.3 is 5.97 Å². The quantitative estimate of drug-likeness (QED) is 0.832. The summed E-state index contributed by atoms with van der Waals surface area (Å²) >= 11 is 0. The normalized spacial score (nSPS) is 24.8. The number of rotatable bonds is 4. The molecule has 116 valence electrons. The van der Waals surface area contributed by atoms with Crippen LogP contribution < -0.4 is 5.32 Å². The van der Waals surface area contributed by atoms with Gasteiger partial charge in [-0.15, -0.1) is 0 Å². The van der Waals surface area contributed by atoms with Gasteiger partial charge in [-0.1, -0.05) is 13.8 Å². The van der Waals surface area contributed by atoms with Gasteiger partial charge in [0.05, 0.1) is 5.56 Å². The summed E-state index contributed by atoms with van der Waals surface area (Å²) in [6, 6.07) is 6.47. The van der Waals surface area contributed by atoms with E-state index in [0.717, 1.165) is 5.69 Å². The van der Waals surface area contributed by atoms with Crippen molar-refractivity contribution in [3.63, 3.8) is 0 Å². The summed E-state index contributed by atoms with van der Waals surface area (Å²) in [5.41, 5.74) is 0.326. The van der Waals surface area contributed by atoms with E-state index >= 15 is 0 Å². The fourth-order valence-corrected chi connectivity index (χ4v) is 1.87. The average Bonchev–Trinajstić information content (AvgIpc) is 2.41. The largest absolute Gasteiger partial charge is 0.478 e. The summed E-state index contributed by atoms with van der Waals surface area (Å²) in [6.45, 7) is 7.66. The smallest absolute Gasteiger partial charge is 0.335 e. The van der Waals surface area contributed by atoms with Crippen molar-refractivity contribution in [1.29, 1.82) is 0 Å². The van der Waals surface area contributed by atoms with Gasteiger partial charge in [0.2, 0.25) is 0 Å². The Balaban J connectivity index is 2.09. The van der Waals surface area contributed by atoms with E-state index in [1.807, 2.05) is 27.7 Å². The highest BCUT2D eigenvalue weighted by Crippen LogP contribution is 2.29. The highest BCUT2D eigenvalue weighted by Gasteiger charge is 2.41. The Morgan fingerprint density at radius 3 is 2.43 bits per heavy atom. The molecule has 6 nitrogen and oxygen atoms in total. The van der Waals surface area contributed by atoms with Crippen LogP contribution in [0.1, 0.15) is 38.1 Å². The second-order valence-corrected chi connectivity index (χ2v) is 5.94. The van der Waals surface area contributed by atoms with Crippen molar-refractivity contribution in [1.82, 2.24) is 0 Å². The number of ether oxygens (including phenoxy) is 1. The molecule has 1 aliphatic rings. The summed E-state index contributed by atoms with van der Waals surface area (Å²) in [6.07, 6.45) is -0.858. The number of anilines is 1. The Morgan fingerprint density at radius 1 is 1.29 bits per heavy atom. The second kappa shape index (κ2) is 6.01. The third kappa shape index (κ3) is 3.72. The van der Waals surface area contributed by atoms with Crippen LogP contribution in [-0.2, 0) is 14.5 Å². The van der Waals surface area contributed by atoms with E-state index in [9.17, 15) is 4.79 Å². The Labute approximate surface area is 123 Å². The maximum atomic E-state index is 10.8. The molecule has 21 heavy (non-hydrogen) atoms. The highest BCUT2D eigenvalue weighted by atomic mass is 17.2. The van der Waals surface area contributed by atoms with Gasteiger partial charge in [-0.3, -0.25) is 0 Å². The van der Waals surface area contributed by atoms with Gasteiger partial charge in [0.25, 0.3) is 0 Å². The monoisotopic (exact) mass is 295 g/mol. The molecule has 2 N–H and O–H groups in total. The van der Waals surface area contributed by atoms with Gasteiger partial charge in [-0.25, -0.2) is 14.6 Å². The Morgan fingerprint density at radius 2 is 1.90 bits per heavy atom. The zero-order valence-electron chi connectivity index (χ0n) is 12.6. The molecule has 2 atom stereocenters. The van der Waals surface area contributed by atoms with E-state index in [2.05, 4.69) is 5.32 Å². The third-order valence-electron chi connectivity index (χ3n) is 3.23. The molecule has 0 aromatic heterocycles. The number of hydrogen-bond acceptors (Lipinski definition) is 5. The molecule has 0 saturated carbocycles. The van der Waals surface area contributed by atoms with E-state index in [0.29, 0.717) is 0 Å². The molecule has 0 spiro atoms. The molecule has 1 saturated heterocycles. The highest BCUT2D eigenvalue weighted by molar-refractivity contribution is 5.87. The number of carbonyl (C=O) groups is 1. The zero-order valence-corrected chi connectivity index (χ0v) is 12.6. The van der Waals surface area contributed by atoms with Crippen molar-refractivity contribution in [3.05, 3.63) is 29.8 Å². The maximum Gasteiger partial charge on any atom is 0.335 e. The molecule has 0 radical (unpaired) electrons. The molecule has 1 aliphatic heterocycles. The molecule has 6 heteroatoms. The Hall–Kier alpha value is -1.63. The maximum absolute atomic E-state index is 10.8. The average molecular weight is 295 g/mol. The lowest BCUT2D eigenvalue weighted by Gasteiger charge is -2.42. The molecule has 1 aromatic carbocycles. The molecule has 1 aromatic rings. The number of aromatic carboxylic acids is 1. The first-order valence-corrected chi connectivity index (χ1v) is 6.89. The Bertz CT molecular complexity index is 497. The number of nitrogens with one attached hydrogen (secondary N) is 1. The third-order valence-corrected chi connectivity index (χ3v) is 3.23. The molecular formula is C15H21NO5. The summed E-state index contributed by atoms with van der Waals surface area (Å²) in [5, 5.41) is 12.1. The molecular weight excluding hydrogens is 274 g/mol. The van der Waals surface area contributed by atoms with Crippen LogP contribution in [0.25, 0.3) is 0 Å². The summed E-state index contributed by atoms with van der Waals surface area (Å²) in [4.78, 5) is 21.5. The zero-order chi connectivity index (χ0) is 15.6. The molecule has 0 amide bonds. The summed E-state index contributed by atoms with van der Waals surface area (Å²) < 4.78 is 5.87. The SMILES string of the molecule is CC(C)C1OOC(C)(C)C(Nc2ccc(C(=O)O)cc2)O1. The standard InChI is InChI=1S/C15H21NO5/c1-9(2)13-19-14(15(3,4)21-20-13)16-11-7-5-10(6-8-11)12(17)18/h5-9,13-14,16H,1-4H3,(H,17,18). The molecule has 1 fully saturated rings. The molecule has 2 rings (SSSR count). The van der Waals surface area contributed by atoms with Crippen molar-refractivity contribution < 1.29 is 24.4 Å². The Kier molecular flexibility index (Phi) is 4.51. The van der Waals surface area contributed by atoms with Crippen molar-refractivity contribution in [2.45, 2.75) is 45.8 Å². The van der Waals surface area contributed by atoms with Crippen molar-refractivity contribution >= 4 is 11.7 Å². The van der Waals surface area contributed by atoms with Crippen LogP contribution >= 0.6 is 0 Å². The lowest BCUT2D eigenvalue weighted by molar-refractivity contribution is -0.485. The lowest BCUT2D eigenvalue weighted by atomic mass is 10.1. The first-order chi connectivity index (χ1) is 9.79. The number of carboxylic acids is 1. The van der Waals surface area contributed by atoms with Gasteiger partial charge < -0.3 is 15.2 Å². The van der Waals surface area contributed by atoms with Gasteiger partial charge in [0, 0.05) is 11.6 Å². The van der Waals surface area contributed by atoms with Crippen LogP contribution in [0.2, 0.25) is 0 Å². The predicted octanol–water partition coefficient (Wildman–Crippen LogP) is 2.86. The molecule has 2 unspecified atom stereocenters. The van der Waals surface area contributed by atoms with E-state index in [1.165, 1.54) is 12.1 Å². The first-order valence-electron chi connectivity index (χ1n) is 6.89. The summed E-state index contributed by atoms with van der Waals surface area (Å²) in [5.74, 6) is -0.799. The van der Waals surface area contributed by atoms with Crippen molar-refractivity contribution in [2.75, 3.05) is 5.32 Å². The fraction of sp³-hybridized carbons (Fsp3) is 0.533. The van der Waals surface area contributed by atoms with Crippen LogP contribution in [0, 0.1) is 5.92 Å². The minimum atomic E-state index is -0.951. The van der Waals surface area contributed by atoms with E-state index in [4.69, 9.17) is 19.6 Å². The van der Waals surface area contributed by atoms with Crippen LogP contribution in [0.5, 0.6) is 0 Å². The number of hydrogen-bond donors (Lipinski definition) is 2. The van der Waals surface area contributed by atoms with Gasteiger partial charge in [0.1, 0.15) is 5.60 Å². The first kappa shape index (κ1) is 15.8. The molecule has 0 bridgehead atoms. The minimum absolute atomic E-state index is 0.153. The van der Waals surface area contributed by atoms with Gasteiger partial charge in [0.15, 0.2) is 12.5 Å². The second-order valence-electron chi connectivity index (χ2n) is 5.94. The van der Waals surface area contributed by atoms with Crippen LogP contribution in [0.4, 0.5) is 5.69 Å². The van der Waals surface area contributed by atoms with Gasteiger partial charge in [-0.2, -0.15) is 0 Å². The van der Waals surface area contributed by atoms with Gasteiger partial charge in [-0.05, 0) is 38.1 Å². The van der Waals surface area contributed by atoms with Crippen LogP contribution in [-0.4, -0.2) is 29.2 Å². The van der Waals surface area contributed by atoms with E-state index in [-0.39, 0.29) is 11.5 Å². The van der Waals surface area contributed by atoms with E-state index < -0.39 is 24.1 Å². The molecule has 0 aliphatic carbocycles. The predicted molar refractivity (Wildman–Crippen MR) is 76.8 cm³/mol. The molecule has 1 heterocycles. The number of carboxylic acid groups (broad SMARTS) is 1. The summed E-state index contributed by atoms with van der Waals surface area (Å²) in [7, 11) is 0. The number of benzene rings is 1. The van der Waals surface area contributed by atoms with Crippen LogP contribution in [0.3, 0.4) is 0 Å².